The van der Waals surface area contributed by atoms with Crippen molar-refractivity contribution in [2.24, 2.45) is 0 Å². The van der Waals surface area contributed by atoms with Gasteiger partial charge in [0.1, 0.15) is 11.3 Å². The third-order valence-electron chi connectivity index (χ3n) is 2.07. The number of hydrogen-bond donors (Lipinski definition) is 0. The zero-order valence-electron chi connectivity index (χ0n) is 8.32. The Kier molecular flexibility index (Phi) is 2.72. The van der Waals surface area contributed by atoms with Crippen LogP contribution in [0.3, 0.4) is 0 Å². The van der Waals surface area contributed by atoms with Gasteiger partial charge in [0.05, 0.1) is 0 Å². The van der Waals surface area contributed by atoms with Gasteiger partial charge in [0.15, 0.2) is 0 Å². The van der Waals surface area contributed by atoms with Gasteiger partial charge < -0.3 is 3.79 Å². The molecule has 0 fully saturated rings. The Morgan fingerprint density at radius 2 is 2.07 bits per heavy atom. The lowest BCUT2D eigenvalue weighted by Gasteiger charge is -2.08. The molecule has 0 aliphatic rings. The van der Waals surface area contributed by atoms with Gasteiger partial charge in [-0.1, -0.05) is 24.0 Å². The summed E-state index contributed by atoms with van der Waals surface area (Å²) >= 11 is 0.0152. The molecule has 0 saturated heterocycles. The van der Waals surface area contributed by atoms with Crippen LogP contribution in [0.15, 0.2) is 30.3 Å². The van der Waals surface area contributed by atoms with E-state index in [0.29, 0.717) is 0 Å². The van der Waals surface area contributed by atoms with Crippen LogP contribution in [0.2, 0.25) is 5.79 Å². The number of nitrogens with zero attached hydrogens (tertiary/aromatic N) is 1. The highest BCUT2D eigenvalue weighted by Crippen LogP contribution is 2.23. The summed E-state index contributed by atoms with van der Waals surface area (Å²) in [5.74, 6) is 2.97. The molecule has 0 amide bonds. The van der Waals surface area contributed by atoms with Crippen molar-refractivity contribution in [3.63, 3.8) is 0 Å². The molecule has 1 heterocycles. The zero-order valence-corrected chi connectivity index (χ0v) is 9.47. The molecule has 69 valence electrons. The van der Waals surface area contributed by atoms with E-state index in [4.69, 9.17) is 3.79 Å². The smallest absolute Gasteiger partial charge is 0.519 e. The highest BCUT2D eigenvalue weighted by atomic mass is 27.1. The fraction of sp³-hybridized carbons (Fsp3) is 0.182. The molecule has 0 spiro atoms. The molecular weight excluding hydrogens is 189 g/mol. The van der Waals surface area contributed by atoms with Crippen molar-refractivity contribution in [2.45, 2.75) is 12.7 Å². The lowest BCUT2D eigenvalue weighted by molar-refractivity contribution is 0.605. The summed E-state index contributed by atoms with van der Waals surface area (Å²) in [7, 11) is 0. The average molecular weight is 200 g/mol. The molecule has 1 aromatic carbocycles. The fourth-order valence-corrected chi connectivity index (χ4v) is 1.88. The molecule has 0 saturated carbocycles. The largest absolute Gasteiger partial charge is 0.646 e. The minimum Gasteiger partial charge on any atom is -0.646 e. The highest BCUT2D eigenvalue weighted by molar-refractivity contribution is 6.26. The molecule has 14 heavy (non-hydrogen) atoms. The van der Waals surface area contributed by atoms with E-state index in [0.717, 1.165) is 22.3 Å². The van der Waals surface area contributed by atoms with Crippen molar-refractivity contribution < 1.29 is 3.79 Å². The van der Waals surface area contributed by atoms with Gasteiger partial charge in [-0.3, -0.25) is 0 Å². The number of hydrogen-bond acceptors (Lipinski definition) is 2. The molecule has 2 nitrogen and oxygen atoms in total. The van der Waals surface area contributed by atoms with Crippen LogP contribution in [0.4, 0.5) is 0 Å². The Balaban J connectivity index is 2.64. The maximum Gasteiger partial charge on any atom is 0.519 e. The first-order chi connectivity index (χ1) is 6.81. The molecule has 0 unspecified atom stereocenters. The number of aryl methyl sites for hydroxylation is 1. The van der Waals surface area contributed by atoms with E-state index in [9.17, 15) is 0 Å². The molecule has 0 aliphatic heterocycles. The van der Waals surface area contributed by atoms with Crippen LogP contribution in [0.25, 0.3) is 10.9 Å². The van der Waals surface area contributed by atoms with Crippen LogP contribution < -0.4 is 3.79 Å². The molecule has 0 aliphatic carbocycles. The molecule has 3 heteroatoms. The van der Waals surface area contributed by atoms with Crippen molar-refractivity contribution in [2.75, 3.05) is 0 Å². The first-order valence-corrected chi connectivity index (χ1v) is 6.25. The Morgan fingerprint density at radius 3 is 2.86 bits per heavy atom. The number of rotatable bonds is 2. The third kappa shape index (κ3) is 1.75. The Hall–Kier alpha value is -1.04. The lowest BCUT2D eigenvalue weighted by atomic mass is 10.2. The summed E-state index contributed by atoms with van der Waals surface area (Å²) in [6, 6.07) is 10.1. The van der Waals surface area contributed by atoms with E-state index < -0.39 is 0 Å². The van der Waals surface area contributed by atoms with Crippen molar-refractivity contribution >= 4 is 26.5 Å². The van der Waals surface area contributed by atoms with Gasteiger partial charge in [-0.05, 0) is 19.1 Å². The Labute approximate surface area is 90.0 Å². The second-order valence-corrected chi connectivity index (χ2v) is 3.84. The molecular formula is C11H11AlNO. The van der Waals surface area contributed by atoms with Gasteiger partial charge in [-0.2, -0.15) is 0 Å². The molecule has 0 N–H and O–H groups in total. The summed E-state index contributed by atoms with van der Waals surface area (Å²) in [6.45, 7) is 2.00. The van der Waals surface area contributed by atoms with E-state index in [1.54, 1.807) is 0 Å². The molecule has 1 radical (unpaired) electrons. The highest BCUT2D eigenvalue weighted by Gasteiger charge is 2.02. The van der Waals surface area contributed by atoms with Crippen molar-refractivity contribution in [3.8, 4) is 5.75 Å². The SMILES string of the molecule is [CH3][Al][O]c1cccc2ccc(C)nc12. The summed E-state index contributed by atoms with van der Waals surface area (Å²) in [5, 5.41) is 1.14. The number of aromatic nitrogens is 1. The van der Waals surface area contributed by atoms with Crippen molar-refractivity contribution in [1.82, 2.24) is 4.98 Å². The minimum absolute atomic E-state index is 0.0152. The molecule has 1 aromatic heterocycles. The number of para-hydroxylation sites is 1. The van der Waals surface area contributed by atoms with Crippen LogP contribution >= 0.6 is 0 Å². The van der Waals surface area contributed by atoms with Gasteiger partial charge in [0.2, 0.25) is 0 Å². The van der Waals surface area contributed by atoms with Crippen molar-refractivity contribution in [1.29, 1.82) is 0 Å². The number of benzene rings is 1. The van der Waals surface area contributed by atoms with Crippen LogP contribution in [0.5, 0.6) is 5.75 Å². The molecule has 2 rings (SSSR count). The van der Waals surface area contributed by atoms with E-state index >= 15 is 0 Å². The summed E-state index contributed by atoms with van der Waals surface area (Å²) in [5.41, 5.74) is 2.00. The first kappa shape index (κ1) is 9.51. The summed E-state index contributed by atoms with van der Waals surface area (Å²) in [4.78, 5) is 4.48. The second-order valence-electron chi connectivity index (χ2n) is 3.13. The summed E-state index contributed by atoms with van der Waals surface area (Å²) < 4.78 is 5.59. The maximum absolute atomic E-state index is 5.59. The topological polar surface area (TPSA) is 22.1 Å². The molecule has 0 bridgehead atoms. The van der Waals surface area contributed by atoms with E-state index in [2.05, 4.69) is 22.9 Å². The van der Waals surface area contributed by atoms with Gasteiger partial charge in [-0.15, -0.1) is 0 Å². The monoisotopic (exact) mass is 200 g/mol. The van der Waals surface area contributed by atoms with Gasteiger partial charge in [0, 0.05) is 11.1 Å². The van der Waals surface area contributed by atoms with Crippen molar-refractivity contribution in [3.05, 3.63) is 36.0 Å². The van der Waals surface area contributed by atoms with E-state index in [1.165, 1.54) is 0 Å². The molecule has 2 aromatic rings. The van der Waals surface area contributed by atoms with Crippen LogP contribution in [0, 0.1) is 6.92 Å². The third-order valence-corrected chi connectivity index (χ3v) is 2.56. The van der Waals surface area contributed by atoms with Gasteiger partial charge in [-0.25, -0.2) is 4.98 Å². The van der Waals surface area contributed by atoms with Gasteiger partial charge >= 0.3 is 15.6 Å². The fourth-order valence-electron chi connectivity index (χ4n) is 1.44. The molecule has 0 atom stereocenters. The quantitative estimate of drug-likeness (QED) is 0.695. The zero-order chi connectivity index (χ0) is 9.97. The van der Waals surface area contributed by atoms with Crippen LogP contribution in [0.1, 0.15) is 5.69 Å². The Morgan fingerprint density at radius 1 is 1.21 bits per heavy atom. The second kappa shape index (κ2) is 4.00. The lowest BCUT2D eigenvalue weighted by Crippen LogP contribution is -1.97. The number of fused-ring (bicyclic) bond motifs is 1. The minimum atomic E-state index is 0.0152. The van der Waals surface area contributed by atoms with E-state index in [-0.39, 0.29) is 15.6 Å². The predicted molar refractivity (Wildman–Crippen MR) is 58.7 cm³/mol. The van der Waals surface area contributed by atoms with Crippen LogP contribution in [-0.4, -0.2) is 20.5 Å². The number of pyridine rings is 1. The summed E-state index contributed by atoms with van der Waals surface area (Å²) in [6.07, 6.45) is 0. The van der Waals surface area contributed by atoms with Crippen LogP contribution in [-0.2, 0) is 0 Å². The van der Waals surface area contributed by atoms with Gasteiger partial charge in [0.25, 0.3) is 0 Å². The van der Waals surface area contributed by atoms with E-state index in [1.807, 2.05) is 25.1 Å². The predicted octanol–water partition coefficient (Wildman–Crippen LogP) is 2.59. The normalized spacial score (nSPS) is 10.1. The maximum atomic E-state index is 5.59. The Bertz CT molecular complexity index is 456. The first-order valence-electron chi connectivity index (χ1n) is 4.62. The standard InChI is InChI=1S/C10H9NO.CH3.Al/c1-7-5-6-8-3-2-4-9(12)10(8)11-7;;/h2-6,12H,1H3;1H3;/q;;+1/p-1. The average Bonchev–Trinajstić information content (AvgIpc) is 2.19.